The fraction of sp³-hybridized carbons (Fsp3) is 0.500. The molecule has 3 radical (unpaired) electrons. The summed E-state index contributed by atoms with van der Waals surface area (Å²) < 4.78 is 81.0. The molecule has 3 aliphatic rings. The van der Waals surface area contributed by atoms with Gasteiger partial charge in [-0.05, 0) is 11.8 Å². The molecule has 24 heteroatoms. The number of anilines is 2. The minimum Gasteiger partial charge on any atom is -0.444 e. The van der Waals surface area contributed by atoms with Crippen molar-refractivity contribution in [1.82, 2.24) is 39.0 Å². The molecule has 0 aliphatic carbocycles. The van der Waals surface area contributed by atoms with E-state index in [9.17, 15) is 9.46 Å². The zero-order chi connectivity index (χ0) is 31.0. The maximum atomic E-state index is 16.0. The van der Waals surface area contributed by atoms with E-state index in [0.717, 1.165) is 12.7 Å². The van der Waals surface area contributed by atoms with E-state index in [1.807, 2.05) is 0 Å². The molecular formula is C20H21BF2N10O8P2S-. The molecule has 2 unspecified atom stereocenters. The SMILES string of the molecule is [B-]P1(=O)OC[C@H]2O[C@@H](n3cnc4c(N)ncnc43)[C@H](F)[C@@H]2OP(O)(=S)OC[C@H]2O[C@@H](n3cnc4c(N)ncnc43)[C@H](O1)[C@@H]2F. The van der Waals surface area contributed by atoms with Crippen LogP contribution in [0, 0.1) is 0 Å². The van der Waals surface area contributed by atoms with E-state index in [1.54, 1.807) is 0 Å². The fourth-order valence-electron chi connectivity index (χ4n) is 5.19. The number of nitrogen functional groups attached to an aromatic ring is 2. The van der Waals surface area contributed by atoms with Crippen LogP contribution in [0.3, 0.4) is 0 Å². The van der Waals surface area contributed by atoms with Crippen molar-refractivity contribution >= 4 is 67.5 Å². The quantitative estimate of drug-likeness (QED) is 0.196. The van der Waals surface area contributed by atoms with Gasteiger partial charge in [-0.25, -0.2) is 38.7 Å². The van der Waals surface area contributed by atoms with Crippen molar-refractivity contribution in [2.75, 3.05) is 24.7 Å². The largest absolute Gasteiger partial charge is 0.444 e. The Hall–Kier alpha value is -2.78. The lowest BCUT2D eigenvalue weighted by molar-refractivity contribution is -0.0580. The van der Waals surface area contributed by atoms with Crippen LogP contribution in [0.1, 0.15) is 12.5 Å². The van der Waals surface area contributed by atoms with Gasteiger partial charge in [-0.2, -0.15) is 0 Å². The van der Waals surface area contributed by atoms with Crippen molar-refractivity contribution in [3.8, 4) is 0 Å². The van der Waals surface area contributed by atoms with Crippen LogP contribution in [0.15, 0.2) is 25.3 Å². The van der Waals surface area contributed by atoms with Gasteiger partial charge in [0.1, 0.15) is 48.1 Å². The van der Waals surface area contributed by atoms with Gasteiger partial charge >= 0.3 is 6.72 Å². The molecular weight excluding hydrogens is 651 g/mol. The van der Waals surface area contributed by atoms with Crippen molar-refractivity contribution < 1.29 is 45.8 Å². The molecule has 0 saturated carbocycles. The molecule has 4 aromatic rings. The number of hydrogen-bond acceptors (Lipinski definition) is 16. The molecule has 18 nitrogen and oxygen atoms in total. The molecule has 10 atom stereocenters. The van der Waals surface area contributed by atoms with Gasteiger partial charge in [-0.3, -0.25) is 13.7 Å². The lowest BCUT2D eigenvalue weighted by atomic mass is 10.1. The molecule has 233 valence electrons. The first-order valence-corrected chi connectivity index (χ1v) is 16.9. The third-order valence-electron chi connectivity index (χ3n) is 7.20. The molecule has 3 fully saturated rings. The van der Waals surface area contributed by atoms with E-state index >= 15 is 8.78 Å². The fourth-order valence-corrected chi connectivity index (χ4v) is 7.60. The second kappa shape index (κ2) is 10.9. The minimum atomic E-state index is -4.62. The number of fused-ring (bicyclic) bond motifs is 5. The zero-order valence-corrected chi connectivity index (χ0v) is 24.6. The number of aromatic nitrogens is 8. The predicted octanol–water partition coefficient (Wildman–Crippen LogP) is 0.612. The maximum Gasteiger partial charge on any atom is 0.325 e. The van der Waals surface area contributed by atoms with Gasteiger partial charge in [0.05, 0.1) is 33.3 Å². The second-order valence-corrected chi connectivity index (χ2v) is 14.3. The molecule has 0 aromatic carbocycles. The molecule has 44 heavy (non-hydrogen) atoms. The third kappa shape index (κ3) is 5.18. The van der Waals surface area contributed by atoms with Crippen molar-refractivity contribution in [2.24, 2.45) is 0 Å². The molecule has 5 N–H and O–H groups in total. The minimum absolute atomic E-state index is 0.0455. The van der Waals surface area contributed by atoms with Crippen LogP contribution >= 0.6 is 14.2 Å². The molecule has 2 bridgehead atoms. The summed E-state index contributed by atoms with van der Waals surface area (Å²) >= 11 is 5.12. The maximum absolute atomic E-state index is 16.0. The number of halogens is 2. The highest BCUT2D eigenvalue weighted by Crippen LogP contribution is 2.54. The summed E-state index contributed by atoms with van der Waals surface area (Å²) in [6.45, 7) is -5.67. The summed E-state index contributed by atoms with van der Waals surface area (Å²) in [5, 5.41) is 0. The van der Waals surface area contributed by atoms with Gasteiger partial charge in [0.15, 0.2) is 47.7 Å². The van der Waals surface area contributed by atoms with Crippen molar-refractivity contribution in [1.29, 1.82) is 0 Å². The molecule has 3 aliphatic heterocycles. The number of hydrogen-bond donors (Lipinski definition) is 3. The van der Waals surface area contributed by atoms with Crippen LogP contribution < -0.4 is 11.5 Å². The summed E-state index contributed by atoms with van der Waals surface area (Å²) in [5.74, 6) is 0.0925. The number of nitrogens with zero attached hydrogens (tertiary/aromatic N) is 8. The lowest BCUT2D eigenvalue weighted by Gasteiger charge is -2.33. The van der Waals surface area contributed by atoms with Crippen LogP contribution in [0.25, 0.3) is 22.3 Å². The standard InChI is InChI=1S/C20H21BF2N10O8P2S/c21-42(34)36-2-8-13(10(23)19(39-8)32-5-30-11-15(24)26-3-28-17(11)32)41-43(35,44)37-1-7-9(22)14(40-42)20(38-7)33-6-31-12-16(25)27-4-29-18(12)33/h3-10,13-14,19-20H,1-2H2,(H,35,44)(H2,24,26,28)(H2,25,27,29)/q-1/t7-,8-,9-,10-,13-,14-,19-,20-,42?,43?/m1/s1. The molecule has 0 amide bonds. The molecule has 0 spiro atoms. The average Bonchev–Trinajstić information content (AvgIpc) is 3.73. The summed E-state index contributed by atoms with van der Waals surface area (Å²) in [5.41, 5.74) is 12.4. The Morgan fingerprint density at radius 1 is 0.841 bits per heavy atom. The van der Waals surface area contributed by atoms with Gasteiger partial charge in [0.2, 0.25) is 0 Å². The highest BCUT2D eigenvalue weighted by molar-refractivity contribution is 8.07. The monoisotopic (exact) mass is 672 g/mol. The summed E-state index contributed by atoms with van der Waals surface area (Å²) in [4.78, 5) is 35.0. The Balaban J connectivity index is 1.20. The molecule has 3 saturated heterocycles. The van der Waals surface area contributed by atoms with E-state index in [0.29, 0.717) is 0 Å². The smallest absolute Gasteiger partial charge is 0.325 e. The van der Waals surface area contributed by atoms with Gasteiger partial charge in [-0.15, -0.1) is 0 Å². The van der Waals surface area contributed by atoms with E-state index in [-0.39, 0.29) is 34.0 Å². The summed E-state index contributed by atoms with van der Waals surface area (Å²) in [6, 6.07) is 0. The highest BCUT2D eigenvalue weighted by Gasteiger charge is 2.52. The first-order valence-electron chi connectivity index (χ1n) is 12.7. The molecule has 7 rings (SSSR count). The van der Waals surface area contributed by atoms with Crippen LogP contribution in [-0.4, -0.2) is 101 Å². The van der Waals surface area contributed by atoms with E-state index in [4.69, 9.17) is 58.4 Å². The number of ether oxygens (including phenoxy) is 2. The summed E-state index contributed by atoms with van der Waals surface area (Å²) in [7, 11) is 1.26. The van der Waals surface area contributed by atoms with Gasteiger partial charge < -0.3 is 51.5 Å². The first kappa shape index (κ1) is 29.9. The van der Waals surface area contributed by atoms with E-state index in [1.165, 1.54) is 21.8 Å². The second-order valence-electron chi connectivity index (χ2n) is 9.92. The Morgan fingerprint density at radius 2 is 1.41 bits per heavy atom. The van der Waals surface area contributed by atoms with E-state index in [2.05, 4.69) is 29.9 Å². The number of imidazole rings is 2. The van der Waals surface area contributed by atoms with Gasteiger partial charge in [-0.1, -0.05) is 0 Å². The molecule has 7 heterocycles. The zero-order valence-electron chi connectivity index (χ0n) is 22.0. The van der Waals surface area contributed by atoms with Gasteiger partial charge in [0, 0.05) is 0 Å². The Bertz CT molecular complexity index is 1840. The Morgan fingerprint density at radius 3 is 2.05 bits per heavy atom. The van der Waals surface area contributed by atoms with Crippen LogP contribution in [0.5, 0.6) is 0 Å². The predicted molar refractivity (Wildman–Crippen MR) is 149 cm³/mol. The van der Waals surface area contributed by atoms with Crippen molar-refractivity contribution in [3.63, 3.8) is 0 Å². The number of alkyl halides is 2. The van der Waals surface area contributed by atoms with Crippen LogP contribution in [0.2, 0.25) is 0 Å². The highest BCUT2D eigenvalue weighted by atomic mass is 32.5. The first-order chi connectivity index (χ1) is 20.9. The van der Waals surface area contributed by atoms with Gasteiger partial charge in [0.25, 0.3) is 0 Å². The lowest BCUT2D eigenvalue weighted by Crippen LogP contribution is -2.34. The average molecular weight is 672 g/mol. The number of rotatable bonds is 2. The topological polar surface area (TPSA) is 232 Å². The summed E-state index contributed by atoms with van der Waals surface area (Å²) in [6.07, 6.45) is -8.26. The third-order valence-corrected chi connectivity index (χ3v) is 9.80. The normalized spacial score (nSPS) is 38.3. The Labute approximate surface area is 251 Å². The number of nitrogens with two attached hydrogens (primary N) is 2. The van der Waals surface area contributed by atoms with Crippen LogP contribution in [0.4, 0.5) is 20.4 Å². The molecule has 4 aromatic heterocycles. The van der Waals surface area contributed by atoms with Crippen molar-refractivity contribution in [3.05, 3.63) is 25.3 Å². The van der Waals surface area contributed by atoms with Crippen LogP contribution in [-0.2, 0) is 43.9 Å². The van der Waals surface area contributed by atoms with E-state index < -0.39 is 76.6 Å². The van der Waals surface area contributed by atoms with Crippen molar-refractivity contribution in [2.45, 2.75) is 49.2 Å². The Kier molecular flexibility index (Phi) is 7.43.